The lowest BCUT2D eigenvalue weighted by atomic mass is 9.98. The Balaban J connectivity index is 2.03. The van der Waals surface area contributed by atoms with Crippen molar-refractivity contribution in [3.05, 3.63) is 35.4 Å². The first kappa shape index (κ1) is 12.8. The molecule has 2 atom stereocenters. The third-order valence-electron chi connectivity index (χ3n) is 3.35. The van der Waals surface area contributed by atoms with E-state index in [0.717, 1.165) is 25.6 Å². The zero-order chi connectivity index (χ0) is 12.4. The van der Waals surface area contributed by atoms with E-state index in [2.05, 4.69) is 11.8 Å². The van der Waals surface area contributed by atoms with Gasteiger partial charge in [0, 0.05) is 24.0 Å². The smallest absolute Gasteiger partial charge is 0.127 e. The van der Waals surface area contributed by atoms with Gasteiger partial charge in [-0.05, 0) is 37.1 Å². The van der Waals surface area contributed by atoms with Gasteiger partial charge in [-0.1, -0.05) is 6.92 Å². The zero-order valence-electron chi connectivity index (χ0n) is 9.80. The Morgan fingerprint density at radius 1 is 1.41 bits per heavy atom. The summed E-state index contributed by atoms with van der Waals surface area (Å²) in [7, 11) is 0. The van der Waals surface area contributed by atoms with E-state index in [1.54, 1.807) is 0 Å². The van der Waals surface area contributed by atoms with Crippen LogP contribution in [-0.4, -0.2) is 23.4 Å². The Bertz CT molecular complexity index is 397. The predicted octanol–water partition coefficient (Wildman–Crippen LogP) is 3.41. The zero-order valence-corrected chi connectivity index (χ0v) is 10.6. The van der Waals surface area contributed by atoms with E-state index in [1.165, 1.54) is 12.1 Å². The molecule has 0 amide bonds. The number of hydrogen-bond acceptors (Lipinski definition) is 1. The van der Waals surface area contributed by atoms with Crippen LogP contribution in [0.1, 0.15) is 18.9 Å². The minimum absolute atomic E-state index is 0.0976. The van der Waals surface area contributed by atoms with Gasteiger partial charge in [0.1, 0.15) is 11.6 Å². The Morgan fingerprint density at radius 3 is 2.88 bits per heavy atom. The topological polar surface area (TPSA) is 3.24 Å². The van der Waals surface area contributed by atoms with Crippen LogP contribution in [0.15, 0.2) is 18.2 Å². The first-order valence-electron chi connectivity index (χ1n) is 5.86. The first-order chi connectivity index (χ1) is 8.06. The summed E-state index contributed by atoms with van der Waals surface area (Å²) in [6, 6.07) is 3.58. The Hall–Kier alpha value is -0.670. The van der Waals surface area contributed by atoms with Gasteiger partial charge in [0.05, 0.1) is 0 Å². The van der Waals surface area contributed by atoms with Crippen LogP contribution in [0.3, 0.4) is 0 Å². The molecule has 0 aromatic heterocycles. The highest BCUT2D eigenvalue weighted by atomic mass is 35.5. The number of benzene rings is 1. The molecule has 0 bridgehead atoms. The average Bonchev–Trinajstić information content (AvgIpc) is 2.29. The summed E-state index contributed by atoms with van der Waals surface area (Å²) < 4.78 is 26.5. The van der Waals surface area contributed by atoms with Gasteiger partial charge in [0.25, 0.3) is 0 Å². The second kappa shape index (κ2) is 5.32. The molecular weight excluding hydrogens is 244 g/mol. The maximum absolute atomic E-state index is 13.5. The molecule has 0 saturated carbocycles. The van der Waals surface area contributed by atoms with Crippen LogP contribution >= 0.6 is 11.6 Å². The first-order valence-corrected chi connectivity index (χ1v) is 6.30. The molecule has 0 radical (unpaired) electrons. The fourth-order valence-electron chi connectivity index (χ4n) is 2.13. The number of nitrogens with zero attached hydrogens (tertiary/aromatic N) is 1. The van der Waals surface area contributed by atoms with Crippen LogP contribution in [-0.2, 0) is 6.54 Å². The lowest BCUT2D eigenvalue weighted by molar-refractivity contribution is 0.187. The van der Waals surface area contributed by atoms with Crippen molar-refractivity contribution in [2.45, 2.75) is 25.3 Å². The second-order valence-corrected chi connectivity index (χ2v) is 5.31. The van der Waals surface area contributed by atoms with Gasteiger partial charge < -0.3 is 0 Å². The molecule has 4 heteroatoms. The van der Waals surface area contributed by atoms with Gasteiger partial charge in [0.2, 0.25) is 0 Å². The number of piperidine rings is 1. The standard InChI is InChI=1S/C13H16ClF2N/c1-9-4-5-17(8-12(9)14)7-10-6-11(15)2-3-13(10)16/h2-3,6,9,12H,4-5,7-8H2,1H3. The van der Waals surface area contributed by atoms with Gasteiger partial charge in [-0.15, -0.1) is 11.6 Å². The quantitative estimate of drug-likeness (QED) is 0.736. The monoisotopic (exact) mass is 259 g/mol. The Labute approximate surface area is 105 Å². The van der Waals surface area contributed by atoms with Crippen LogP contribution in [0.25, 0.3) is 0 Å². The molecule has 2 rings (SSSR count). The van der Waals surface area contributed by atoms with Crippen LogP contribution in [0.2, 0.25) is 0 Å². The molecule has 1 aromatic carbocycles. The summed E-state index contributed by atoms with van der Waals surface area (Å²) in [4.78, 5) is 2.08. The molecule has 17 heavy (non-hydrogen) atoms. The Morgan fingerprint density at radius 2 is 2.18 bits per heavy atom. The van der Waals surface area contributed by atoms with Gasteiger partial charge in [0.15, 0.2) is 0 Å². The molecule has 2 unspecified atom stereocenters. The predicted molar refractivity (Wildman–Crippen MR) is 65.1 cm³/mol. The number of likely N-dealkylation sites (tertiary alicyclic amines) is 1. The van der Waals surface area contributed by atoms with E-state index in [-0.39, 0.29) is 11.2 Å². The highest BCUT2D eigenvalue weighted by Gasteiger charge is 2.24. The van der Waals surface area contributed by atoms with Crippen molar-refractivity contribution in [2.75, 3.05) is 13.1 Å². The molecule has 0 spiro atoms. The van der Waals surface area contributed by atoms with Crippen LogP contribution in [0.5, 0.6) is 0 Å². The molecular formula is C13H16ClF2N. The molecule has 1 aliphatic heterocycles. The van der Waals surface area contributed by atoms with Crippen molar-refractivity contribution < 1.29 is 8.78 Å². The SMILES string of the molecule is CC1CCN(Cc2cc(F)ccc2F)CC1Cl. The molecule has 94 valence electrons. The molecule has 0 N–H and O–H groups in total. The lowest BCUT2D eigenvalue weighted by Crippen LogP contribution is -2.39. The van der Waals surface area contributed by atoms with E-state index in [1.807, 2.05) is 0 Å². The normalized spacial score (nSPS) is 26.1. The van der Waals surface area contributed by atoms with Crippen LogP contribution < -0.4 is 0 Å². The molecule has 1 aliphatic rings. The van der Waals surface area contributed by atoms with Crippen molar-refractivity contribution in [1.82, 2.24) is 4.90 Å². The fourth-order valence-corrected chi connectivity index (χ4v) is 2.46. The molecule has 0 aliphatic carbocycles. The summed E-state index contributed by atoms with van der Waals surface area (Å²) in [5.41, 5.74) is 0.406. The highest BCUT2D eigenvalue weighted by molar-refractivity contribution is 6.21. The van der Waals surface area contributed by atoms with Gasteiger partial charge in [-0.2, -0.15) is 0 Å². The fraction of sp³-hybridized carbons (Fsp3) is 0.538. The number of rotatable bonds is 2. The molecule has 1 fully saturated rings. The maximum atomic E-state index is 13.5. The second-order valence-electron chi connectivity index (χ2n) is 4.75. The van der Waals surface area contributed by atoms with Crippen molar-refractivity contribution in [3.63, 3.8) is 0 Å². The van der Waals surface area contributed by atoms with Crippen molar-refractivity contribution >= 4 is 11.6 Å². The average molecular weight is 260 g/mol. The number of halogens is 3. The van der Waals surface area contributed by atoms with Gasteiger partial charge in [-0.3, -0.25) is 4.90 Å². The van der Waals surface area contributed by atoms with E-state index in [0.29, 0.717) is 18.0 Å². The maximum Gasteiger partial charge on any atom is 0.127 e. The number of hydrogen-bond donors (Lipinski definition) is 0. The molecule has 1 nitrogen and oxygen atoms in total. The van der Waals surface area contributed by atoms with E-state index >= 15 is 0 Å². The summed E-state index contributed by atoms with van der Waals surface area (Å²) in [5, 5.41) is 0.0976. The van der Waals surface area contributed by atoms with Crippen molar-refractivity contribution in [1.29, 1.82) is 0 Å². The Kier molecular flexibility index (Phi) is 4.00. The molecule has 1 aromatic rings. The highest BCUT2D eigenvalue weighted by Crippen LogP contribution is 2.23. The minimum Gasteiger partial charge on any atom is -0.297 e. The third kappa shape index (κ3) is 3.17. The largest absolute Gasteiger partial charge is 0.297 e. The summed E-state index contributed by atoms with van der Waals surface area (Å²) in [5.74, 6) is -0.254. The lowest BCUT2D eigenvalue weighted by Gasteiger charge is -2.33. The number of alkyl halides is 1. The molecule has 1 heterocycles. The van der Waals surface area contributed by atoms with Gasteiger partial charge >= 0.3 is 0 Å². The van der Waals surface area contributed by atoms with E-state index in [9.17, 15) is 8.78 Å². The van der Waals surface area contributed by atoms with E-state index in [4.69, 9.17) is 11.6 Å². The summed E-state index contributed by atoms with van der Waals surface area (Å²) in [6.07, 6.45) is 1.01. The third-order valence-corrected chi connectivity index (χ3v) is 3.92. The van der Waals surface area contributed by atoms with Crippen LogP contribution in [0, 0.1) is 17.6 Å². The summed E-state index contributed by atoms with van der Waals surface area (Å²) >= 11 is 6.19. The van der Waals surface area contributed by atoms with Crippen molar-refractivity contribution in [2.24, 2.45) is 5.92 Å². The van der Waals surface area contributed by atoms with Crippen LogP contribution in [0.4, 0.5) is 8.78 Å². The van der Waals surface area contributed by atoms with Gasteiger partial charge in [-0.25, -0.2) is 8.78 Å². The minimum atomic E-state index is -0.394. The summed E-state index contributed by atoms with van der Waals surface area (Å²) in [6.45, 7) is 4.18. The van der Waals surface area contributed by atoms with Crippen molar-refractivity contribution in [3.8, 4) is 0 Å². The van der Waals surface area contributed by atoms with E-state index < -0.39 is 5.82 Å². The molecule has 1 saturated heterocycles.